The van der Waals surface area contributed by atoms with Crippen molar-refractivity contribution < 1.29 is 5.11 Å². The molecule has 1 unspecified atom stereocenters. The molecule has 4 nitrogen and oxygen atoms in total. The third-order valence-corrected chi connectivity index (χ3v) is 4.22. The molecule has 4 heteroatoms. The van der Waals surface area contributed by atoms with Gasteiger partial charge in [0.05, 0.1) is 11.4 Å². The standard InChI is InChI=1S/C17H23N3O/c21-13-5-9-16-8-4-11-19(16)14-15-10-12-20(18-15)17-6-2-1-3-7-17/h1-3,6-7,10,12,16,21H,4-5,8-9,11,13-14H2. The van der Waals surface area contributed by atoms with Crippen molar-refractivity contribution >= 4 is 0 Å². The summed E-state index contributed by atoms with van der Waals surface area (Å²) in [5.41, 5.74) is 2.22. The van der Waals surface area contributed by atoms with Crippen molar-refractivity contribution in [2.24, 2.45) is 0 Å². The molecule has 1 aromatic carbocycles. The van der Waals surface area contributed by atoms with Gasteiger partial charge in [0.25, 0.3) is 0 Å². The van der Waals surface area contributed by atoms with Crippen molar-refractivity contribution in [1.29, 1.82) is 0 Å². The maximum atomic E-state index is 9.00. The van der Waals surface area contributed by atoms with Crippen molar-refractivity contribution in [2.45, 2.75) is 38.3 Å². The molecule has 1 N–H and O–H groups in total. The van der Waals surface area contributed by atoms with Crippen molar-refractivity contribution in [3.05, 3.63) is 48.3 Å². The van der Waals surface area contributed by atoms with Crippen LogP contribution in [0.5, 0.6) is 0 Å². The van der Waals surface area contributed by atoms with Crippen LogP contribution >= 0.6 is 0 Å². The van der Waals surface area contributed by atoms with E-state index in [2.05, 4.69) is 28.2 Å². The Morgan fingerprint density at radius 2 is 2.05 bits per heavy atom. The molecule has 0 bridgehead atoms. The smallest absolute Gasteiger partial charge is 0.0769 e. The lowest BCUT2D eigenvalue weighted by Gasteiger charge is -2.23. The Balaban J connectivity index is 1.64. The van der Waals surface area contributed by atoms with Crippen LogP contribution in [0.25, 0.3) is 5.69 Å². The zero-order valence-corrected chi connectivity index (χ0v) is 12.4. The number of hydrogen-bond donors (Lipinski definition) is 1. The van der Waals surface area contributed by atoms with Gasteiger partial charge in [-0.05, 0) is 50.4 Å². The predicted molar refractivity (Wildman–Crippen MR) is 83.3 cm³/mol. The van der Waals surface area contributed by atoms with Crippen molar-refractivity contribution in [3.8, 4) is 5.69 Å². The minimum Gasteiger partial charge on any atom is -0.396 e. The minimum absolute atomic E-state index is 0.299. The van der Waals surface area contributed by atoms with Gasteiger partial charge >= 0.3 is 0 Å². The molecule has 2 heterocycles. The summed E-state index contributed by atoms with van der Waals surface area (Å²) in [5.74, 6) is 0. The fraction of sp³-hybridized carbons (Fsp3) is 0.471. The second kappa shape index (κ2) is 6.87. The van der Waals surface area contributed by atoms with Crippen molar-refractivity contribution in [2.75, 3.05) is 13.2 Å². The molecule has 0 amide bonds. The zero-order valence-electron chi connectivity index (χ0n) is 12.4. The molecule has 1 fully saturated rings. The normalized spacial score (nSPS) is 19.2. The molecule has 3 rings (SSSR count). The lowest BCUT2D eigenvalue weighted by atomic mass is 10.1. The third-order valence-electron chi connectivity index (χ3n) is 4.22. The van der Waals surface area contributed by atoms with Gasteiger partial charge in [0.2, 0.25) is 0 Å². The zero-order chi connectivity index (χ0) is 14.5. The number of likely N-dealkylation sites (tertiary alicyclic amines) is 1. The van der Waals surface area contributed by atoms with E-state index < -0.39 is 0 Å². The molecule has 112 valence electrons. The first-order valence-electron chi connectivity index (χ1n) is 7.82. The molecule has 2 aromatic rings. The number of aliphatic hydroxyl groups is 1. The van der Waals surface area contributed by atoms with Crippen LogP contribution in [0.3, 0.4) is 0 Å². The Kier molecular flexibility index (Phi) is 4.68. The number of aromatic nitrogens is 2. The molecular formula is C17H23N3O. The highest BCUT2D eigenvalue weighted by Crippen LogP contribution is 2.23. The van der Waals surface area contributed by atoms with E-state index in [0.717, 1.165) is 37.3 Å². The summed E-state index contributed by atoms with van der Waals surface area (Å²) in [7, 11) is 0. The summed E-state index contributed by atoms with van der Waals surface area (Å²) in [5, 5.41) is 13.7. The van der Waals surface area contributed by atoms with Gasteiger partial charge in [0.1, 0.15) is 0 Å². The maximum Gasteiger partial charge on any atom is 0.0769 e. The number of aliphatic hydroxyl groups excluding tert-OH is 1. The number of hydrogen-bond acceptors (Lipinski definition) is 3. The number of nitrogens with zero attached hydrogens (tertiary/aromatic N) is 3. The van der Waals surface area contributed by atoms with Crippen LogP contribution < -0.4 is 0 Å². The lowest BCUT2D eigenvalue weighted by molar-refractivity contribution is 0.208. The average Bonchev–Trinajstić information content (AvgIpc) is 3.16. The highest BCUT2D eigenvalue weighted by Gasteiger charge is 2.24. The topological polar surface area (TPSA) is 41.3 Å². The van der Waals surface area contributed by atoms with Gasteiger partial charge in [-0.1, -0.05) is 18.2 Å². The van der Waals surface area contributed by atoms with E-state index in [-0.39, 0.29) is 0 Å². The van der Waals surface area contributed by atoms with Gasteiger partial charge < -0.3 is 5.11 Å². The summed E-state index contributed by atoms with van der Waals surface area (Å²) >= 11 is 0. The van der Waals surface area contributed by atoms with E-state index in [0.29, 0.717) is 12.6 Å². The summed E-state index contributed by atoms with van der Waals surface area (Å²) in [4.78, 5) is 2.51. The van der Waals surface area contributed by atoms with Crippen LogP contribution in [0.15, 0.2) is 42.6 Å². The Morgan fingerprint density at radius 3 is 2.86 bits per heavy atom. The second-order valence-electron chi connectivity index (χ2n) is 5.72. The number of para-hydroxylation sites is 1. The molecule has 21 heavy (non-hydrogen) atoms. The van der Waals surface area contributed by atoms with E-state index in [9.17, 15) is 0 Å². The van der Waals surface area contributed by atoms with E-state index in [1.165, 1.54) is 12.8 Å². The molecule has 0 aliphatic carbocycles. The van der Waals surface area contributed by atoms with Gasteiger partial charge in [0, 0.05) is 25.4 Å². The SMILES string of the molecule is OCCCC1CCCN1Cc1ccn(-c2ccccc2)n1. The Hall–Kier alpha value is -1.65. The van der Waals surface area contributed by atoms with Gasteiger partial charge in [-0.2, -0.15) is 5.10 Å². The first-order valence-corrected chi connectivity index (χ1v) is 7.82. The Labute approximate surface area is 126 Å². The molecular weight excluding hydrogens is 262 g/mol. The summed E-state index contributed by atoms with van der Waals surface area (Å²) in [6.45, 7) is 2.36. The van der Waals surface area contributed by atoms with E-state index in [1.807, 2.05) is 29.1 Å². The van der Waals surface area contributed by atoms with E-state index in [4.69, 9.17) is 5.11 Å². The monoisotopic (exact) mass is 285 g/mol. The summed E-state index contributed by atoms with van der Waals surface area (Å²) < 4.78 is 1.94. The summed E-state index contributed by atoms with van der Waals surface area (Å²) in [6, 6.07) is 12.9. The molecule has 0 saturated carbocycles. The van der Waals surface area contributed by atoms with Crippen molar-refractivity contribution in [1.82, 2.24) is 14.7 Å². The van der Waals surface area contributed by atoms with Crippen LogP contribution in [0.1, 0.15) is 31.4 Å². The third kappa shape index (κ3) is 3.52. The van der Waals surface area contributed by atoms with Gasteiger partial charge in [-0.3, -0.25) is 4.90 Å². The molecule has 1 aliphatic heterocycles. The largest absolute Gasteiger partial charge is 0.396 e. The summed E-state index contributed by atoms with van der Waals surface area (Å²) in [6.07, 6.45) is 6.54. The highest BCUT2D eigenvalue weighted by atomic mass is 16.2. The predicted octanol–water partition coefficient (Wildman–Crippen LogP) is 2.61. The Bertz CT molecular complexity index is 552. The second-order valence-corrected chi connectivity index (χ2v) is 5.72. The fourth-order valence-electron chi connectivity index (χ4n) is 3.14. The average molecular weight is 285 g/mol. The highest BCUT2D eigenvalue weighted by molar-refractivity contribution is 5.30. The molecule has 1 aromatic heterocycles. The number of rotatable bonds is 6. The molecule has 0 radical (unpaired) electrons. The van der Waals surface area contributed by atoms with E-state index in [1.54, 1.807) is 0 Å². The van der Waals surface area contributed by atoms with Crippen LogP contribution in [-0.4, -0.2) is 39.0 Å². The molecule has 0 spiro atoms. The quantitative estimate of drug-likeness (QED) is 0.887. The van der Waals surface area contributed by atoms with Crippen LogP contribution in [0.2, 0.25) is 0 Å². The van der Waals surface area contributed by atoms with Gasteiger partial charge in [-0.15, -0.1) is 0 Å². The van der Waals surface area contributed by atoms with Crippen LogP contribution in [-0.2, 0) is 6.54 Å². The lowest BCUT2D eigenvalue weighted by Crippen LogP contribution is -2.29. The van der Waals surface area contributed by atoms with Crippen LogP contribution in [0.4, 0.5) is 0 Å². The van der Waals surface area contributed by atoms with Gasteiger partial charge in [-0.25, -0.2) is 4.68 Å². The fourth-order valence-corrected chi connectivity index (χ4v) is 3.14. The minimum atomic E-state index is 0.299. The maximum absolute atomic E-state index is 9.00. The molecule has 1 aliphatic rings. The van der Waals surface area contributed by atoms with Gasteiger partial charge in [0.15, 0.2) is 0 Å². The first kappa shape index (κ1) is 14.3. The van der Waals surface area contributed by atoms with Crippen molar-refractivity contribution in [3.63, 3.8) is 0 Å². The Morgan fingerprint density at radius 1 is 1.19 bits per heavy atom. The van der Waals surface area contributed by atoms with Crippen LogP contribution in [0, 0.1) is 0 Å². The first-order chi connectivity index (χ1) is 10.4. The molecule has 1 atom stereocenters. The number of benzene rings is 1. The van der Waals surface area contributed by atoms with E-state index >= 15 is 0 Å². The molecule has 1 saturated heterocycles.